The van der Waals surface area contributed by atoms with Gasteiger partial charge in [-0.3, -0.25) is 4.90 Å². The lowest BCUT2D eigenvalue weighted by atomic mass is 9.82. The number of pyridine rings is 1. The van der Waals surface area contributed by atoms with Gasteiger partial charge in [-0.25, -0.2) is 4.98 Å². The van der Waals surface area contributed by atoms with Gasteiger partial charge in [-0.05, 0) is 60.4 Å². The molecule has 0 radical (unpaired) electrons. The van der Waals surface area contributed by atoms with Crippen LogP contribution in [0.1, 0.15) is 31.9 Å². The Labute approximate surface area is 214 Å². The van der Waals surface area contributed by atoms with Crippen LogP contribution in [0.15, 0.2) is 66.8 Å². The summed E-state index contributed by atoms with van der Waals surface area (Å²) in [6.07, 6.45) is 13.7. The first kappa shape index (κ1) is 22.1. The molecule has 3 atom stereocenters. The van der Waals surface area contributed by atoms with E-state index in [-0.39, 0.29) is 12.0 Å². The molecule has 6 rings (SSSR count). The third-order valence-electron chi connectivity index (χ3n) is 7.29. The van der Waals surface area contributed by atoms with E-state index in [1.165, 1.54) is 5.57 Å². The fourth-order valence-electron chi connectivity index (χ4n) is 5.13. The molecule has 0 amide bonds. The molecule has 1 saturated heterocycles. The van der Waals surface area contributed by atoms with Crippen molar-refractivity contribution in [1.29, 1.82) is 0 Å². The monoisotopic (exact) mass is 487 g/mol. The fourth-order valence-corrected chi connectivity index (χ4v) is 5.13. The summed E-state index contributed by atoms with van der Waals surface area (Å²) in [6.45, 7) is 5.12. The molecule has 2 aromatic rings. The first-order chi connectivity index (χ1) is 18.1. The molecular weight excluding hydrogens is 452 g/mol. The second-order valence-corrected chi connectivity index (χ2v) is 9.78. The van der Waals surface area contributed by atoms with Crippen LogP contribution in [0, 0.1) is 11.8 Å². The Kier molecular flexibility index (Phi) is 6.70. The van der Waals surface area contributed by atoms with Crippen molar-refractivity contribution in [3.8, 4) is 17.4 Å². The van der Waals surface area contributed by atoms with Crippen molar-refractivity contribution >= 4 is 5.57 Å². The maximum absolute atomic E-state index is 9.11. The Balaban J connectivity index is 1.05. The van der Waals surface area contributed by atoms with Crippen LogP contribution in [0.3, 0.4) is 0 Å². The van der Waals surface area contributed by atoms with E-state index >= 15 is 0 Å². The summed E-state index contributed by atoms with van der Waals surface area (Å²) < 4.78 is 32.0. The Morgan fingerprint density at radius 1 is 1.06 bits per heavy atom. The van der Waals surface area contributed by atoms with Crippen molar-refractivity contribution in [2.75, 3.05) is 39.5 Å². The van der Waals surface area contributed by atoms with Crippen LogP contribution in [-0.2, 0) is 11.3 Å². The number of aromatic nitrogens is 1. The third-order valence-corrected chi connectivity index (χ3v) is 7.29. The highest BCUT2D eigenvalue weighted by atomic mass is 16.6. The predicted octanol–water partition coefficient (Wildman–Crippen LogP) is 5.06. The zero-order chi connectivity index (χ0) is 25.1. The summed E-state index contributed by atoms with van der Waals surface area (Å²) in [6, 6.07) is 11.9. The summed E-state index contributed by atoms with van der Waals surface area (Å²) in [5.41, 5.74) is 3.24. The van der Waals surface area contributed by atoms with Gasteiger partial charge in [0.2, 0.25) is 5.88 Å². The molecule has 4 heterocycles. The second-order valence-electron chi connectivity index (χ2n) is 9.78. The molecule has 1 aliphatic carbocycles. The molecule has 0 N–H and O–H groups in total. The lowest BCUT2D eigenvalue weighted by molar-refractivity contribution is -0.0627. The van der Waals surface area contributed by atoms with E-state index in [0.717, 1.165) is 68.3 Å². The number of ether oxygens (including phenoxy) is 4. The fraction of sp³-hybridized carbons (Fsp3) is 0.433. The minimum atomic E-state index is -0.589. The van der Waals surface area contributed by atoms with Gasteiger partial charge in [-0.15, -0.1) is 0 Å². The topological polar surface area (TPSA) is 53.1 Å². The van der Waals surface area contributed by atoms with E-state index in [1.54, 1.807) is 0 Å². The number of benzene rings is 1. The van der Waals surface area contributed by atoms with Gasteiger partial charge in [0.1, 0.15) is 19.8 Å². The molecule has 36 heavy (non-hydrogen) atoms. The van der Waals surface area contributed by atoms with Crippen LogP contribution in [0.25, 0.3) is 5.57 Å². The molecule has 1 aromatic carbocycles. The van der Waals surface area contributed by atoms with Crippen LogP contribution in [0.5, 0.6) is 17.4 Å². The molecule has 4 aliphatic rings. The maximum atomic E-state index is 9.11. The number of rotatable bonds is 8. The molecule has 2 unspecified atom stereocenters. The Bertz CT molecular complexity index is 1210. The van der Waals surface area contributed by atoms with E-state index in [0.29, 0.717) is 25.7 Å². The van der Waals surface area contributed by atoms with Crippen LogP contribution in [0.2, 0.25) is 0 Å². The summed E-state index contributed by atoms with van der Waals surface area (Å²) >= 11 is 0. The first-order valence-corrected chi connectivity index (χ1v) is 13.0. The lowest BCUT2D eigenvalue weighted by Crippen LogP contribution is -2.37. The van der Waals surface area contributed by atoms with Crippen LogP contribution < -0.4 is 14.2 Å². The smallest absolute Gasteiger partial charge is 0.214 e. The largest absolute Gasteiger partial charge is 0.486 e. The molecular formula is C30H34N2O4. The zero-order valence-electron chi connectivity index (χ0n) is 21.6. The van der Waals surface area contributed by atoms with Crippen LogP contribution in [0.4, 0.5) is 0 Å². The van der Waals surface area contributed by atoms with Gasteiger partial charge in [0.15, 0.2) is 11.5 Å². The van der Waals surface area contributed by atoms with Gasteiger partial charge < -0.3 is 18.9 Å². The minimum Gasteiger partial charge on any atom is -0.486 e. The molecule has 0 saturated carbocycles. The van der Waals surface area contributed by atoms with Gasteiger partial charge in [0.25, 0.3) is 0 Å². The highest BCUT2D eigenvalue weighted by Gasteiger charge is 2.28. The van der Waals surface area contributed by atoms with E-state index in [9.17, 15) is 0 Å². The maximum Gasteiger partial charge on any atom is 0.214 e. The molecule has 188 valence electrons. The molecule has 0 spiro atoms. The Hall–Kier alpha value is -3.09. The number of hydrogen-bond acceptors (Lipinski definition) is 6. The standard InChI is InChI=1S/C30H34N2O4/c1-2-5-25(24(4-1)19-26-12-15-33-26)20-32-13-10-23(11-14-32)27-6-3-7-30(31-27)36-21-22-8-9-28-29(18-22)35-17-16-34-28/h1-10,18,24-26H,11-17,19-21H2/t24-,25?,26?/m1/s1/i24D. The zero-order valence-corrected chi connectivity index (χ0v) is 20.6. The van der Waals surface area contributed by atoms with Gasteiger partial charge in [0, 0.05) is 33.7 Å². The SMILES string of the molecule is [2H][C@]1(CC2CCO2)C=CC=CC1CN1CC=C(c2cccc(OCc3ccc4c(c3)OCCO4)n2)CC1. The van der Waals surface area contributed by atoms with Crippen LogP contribution >= 0.6 is 0 Å². The second kappa shape index (κ2) is 10.9. The van der Waals surface area contributed by atoms with Crippen molar-refractivity contribution in [2.24, 2.45) is 11.8 Å². The first-order valence-electron chi connectivity index (χ1n) is 13.5. The highest BCUT2D eigenvalue weighted by molar-refractivity contribution is 5.64. The third kappa shape index (κ3) is 5.50. The number of allylic oxidation sites excluding steroid dienone is 3. The summed E-state index contributed by atoms with van der Waals surface area (Å²) in [4.78, 5) is 7.23. The molecule has 6 nitrogen and oxygen atoms in total. The molecule has 3 aliphatic heterocycles. The van der Waals surface area contributed by atoms with Crippen molar-refractivity contribution in [1.82, 2.24) is 9.88 Å². The summed E-state index contributed by atoms with van der Waals surface area (Å²) in [5, 5.41) is 0. The van der Waals surface area contributed by atoms with Crippen molar-refractivity contribution < 1.29 is 20.3 Å². The molecule has 1 fully saturated rings. The number of nitrogens with zero attached hydrogens (tertiary/aromatic N) is 2. The average molecular weight is 488 g/mol. The van der Waals surface area contributed by atoms with Gasteiger partial charge in [-0.1, -0.05) is 42.5 Å². The van der Waals surface area contributed by atoms with Crippen LogP contribution in [-0.4, -0.2) is 55.4 Å². The predicted molar refractivity (Wildman–Crippen MR) is 139 cm³/mol. The van der Waals surface area contributed by atoms with E-state index in [4.69, 9.17) is 25.3 Å². The summed E-state index contributed by atoms with van der Waals surface area (Å²) in [5.74, 6) is 1.75. The molecule has 6 heteroatoms. The van der Waals surface area contributed by atoms with Gasteiger partial charge >= 0.3 is 0 Å². The Morgan fingerprint density at radius 3 is 2.78 bits per heavy atom. The minimum absolute atomic E-state index is 0.173. The van der Waals surface area contributed by atoms with Crippen molar-refractivity contribution in [3.63, 3.8) is 0 Å². The molecule has 0 bridgehead atoms. The highest BCUT2D eigenvalue weighted by Crippen LogP contribution is 2.32. The average Bonchev–Trinajstić information content (AvgIpc) is 2.92. The van der Waals surface area contributed by atoms with Gasteiger partial charge in [0.05, 0.1) is 11.8 Å². The number of fused-ring (bicyclic) bond motifs is 1. The van der Waals surface area contributed by atoms with Crippen molar-refractivity contribution in [3.05, 3.63) is 78.0 Å². The normalized spacial score (nSPS) is 27.7. The molecule has 1 aromatic heterocycles. The Morgan fingerprint density at radius 2 is 1.94 bits per heavy atom. The lowest BCUT2D eigenvalue weighted by Gasteiger charge is -2.36. The summed E-state index contributed by atoms with van der Waals surface area (Å²) in [7, 11) is 0. The van der Waals surface area contributed by atoms with E-state index in [2.05, 4.69) is 35.3 Å². The van der Waals surface area contributed by atoms with E-state index < -0.39 is 5.89 Å². The number of hydrogen-bond donors (Lipinski definition) is 0. The van der Waals surface area contributed by atoms with E-state index in [1.807, 2.05) is 36.4 Å². The quantitative estimate of drug-likeness (QED) is 0.519. The van der Waals surface area contributed by atoms with Crippen molar-refractivity contribution in [2.45, 2.75) is 32.0 Å². The van der Waals surface area contributed by atoms with Gasteiger partial charge in [-0.2, -0.15) is 0 Å².